The van der Waals surface area contributed by atoms with Gasteiger partial charge in [0.2, 0.25) is 41.4 Å². The summed E-state index contributed by atoms with van der Waals surface area (Å²) in [4.78, 5) is 108. The van der Waals surface area contributed by atoms with Gasteiger partial charge < -0.3 is 82.8 Å². The van der Waals surface area contributed by atoms with E-state index in [0.717, 1.165) is 10.9 Å². The summed E-state index contributed by atoms with van der Waals surface area (Å²) in [7, 11) is 0. The molecule has 24 nitrogen and oxygen atoms in total. The molecule has 1 aromatic carbocycles. The number of rotatable bonds is 38. The van der Waals surface area contributed by atoms with Crippen LogP contribution in [0.3, 0.4) is 0 Å². The maximum absolute atomic E-state index is 14.5. The standard InChI is InChI=1S/C47H83N17O7S/c1-29(13-11-24-56-46(52)53)40(66)60-36(19-12-25-57-47(54)55)42(68)63-37(20-26-72-2)44(70)61-35(18-7-10-23-50)43(69)64-38(27-30-28-58-32-15-4-3-14-31(30)32)45(71)62-34(17-6-9-22-49)41(67)59-33(39(51)65)16-5-8-21-48/h3-4,14-15,28-29,33-38,58H,5-13,16-27,48-50H2,1-2H3,(H2,51,65)(H,59,67)(H,60,66)(H,61,70)(H,62,71)(H,63,68)(H,64,69)(H4,52,53,56)(H4,54,55,57)/t29-,33-,34-,35-,36-,37-,38-/m0/s1. The van der Waals surface area contributed by atoms with Crippen molar-refractivity contribution in [2.75, 3.05) is 44.7 Å². The molecule has 0 aliphatic carbocycles. The largest absolute Gasteiger partial charge is 0.370 e. The highest BCUT2D eigenvalue weighted by Crippen LogP contribution is 2.20. The second kappa shape index (κ2) is 35.0. The molecule has 0 radical (unpaired) electrons. The zero-order chi connectivity index (χ0) is 53.4. The Morgan fingerprint density at radius 1 is 0.528 bits per heavy atom. The summed E-state index contributed by atoms with van der Waals surface area (Å²) in [5, 5.41) is 17.6. The van der Waals surface area contributed by atoms with Crippen molar-refractivity contribution in [1.82, 2.24) is 36.9 Å². The van der Waals surface area contributed by atoms with Gasteiger partial charge in [0, 0.05) is 42.5 Å². The molecule has 25 heteroatoms. The number of aromatic amines is 1. The topological polar surface area (TPSA) is 440 Å². The van der Waals surface area contributed by atoms with Crippen molar-refractivity contribution in [1.29, 1.82) is 0 Å². The molecule has 0 fully saturated rings. The molecule has 23 N–H and O–H groups in total. The zero-order valence-corrected chi connectivity index (χ0v) is 42.9. The predicted octanol–water partition coefficient (Wildman–Crippen LogP) is -2.01. The number of unbranched alkanes of at least 4 members (excludes halogenated alkanes) is 3. The molecule has 404 valence electrons. The highest BCUT2D eigenvalue weighted by atomic mass is 32.2. The number of hydrogen-bond donors (Lipinski definition) is 15. The van der Waals surface area contributed by atoms with Crippen molar-refractivity contribution < 1.29 is 33.6 Å². The molecular formula is C47H83N17O7S. The van der Waals surface area contributed by atoms with Crippen LogP contribution in [0.25, 0.3) is 10.9 Å². The van der Waals surface area contributed by atoms with Crippen LogP contribution >= 0.6 is 11.8 Å². The van der Waals surface area contributed by atoms with Crippen LogP contribution in [0.4, 0.5) is 0 Å². The minimum atomic E-state index is -1.28. The minimum Gasteiger partial charge on any atom is -0.370 e. The molecule has 0 aliphatic heterocycles. The number of nitrogens with zero attached hydrogens (tertiary/aromatic N) is 2. The molecule has 7 atom stereocenters. The van der Waals surface area contributed by atoms with Crippen molar-refractivity contribution >= 4 is 75.9 Å². The molecule has 72 heavy (non-hydrogen) atoms. The van der Waals surface area contributed by atoms with Crippen LogP contribution in [0.5, 0.6) is 0 Å². The lowest BCUT2D eigenvalue weighted by Crippen LogP contribution is -2.60. The van der Waals surface area contributed by atoms with Crippen LogP contribution in [0.2, 0.25) is 0 Å². The summed E-state index contributed by atoms with van der Waals surface area (Å²) in [6.07, 6.45) is 8.70. The van der Waals surface area contributed by atoms with E-state index in [0.29, 0.717) is 95.3 Å². The van der Waals surface area contributed by atoms with Gasteiger partial charge in [0.25, 0.3) is 0 Å². The fraction of sp³-hybridized carbons (Fsp3) is 0.638. The monoisotopic (exact) mass is 1030 g/mol. The quantitative estimate of drug-likeness (QED) is 0.0196. The van der Waals surface area contributed by atoms with Gasteiger partial charge in [0.15, 0.2) is 11.9 Å². The van der Waals surface area contributed by atoms with Crippen LogP contribution in [-0.4, -0.2) is 139 Å². The highest BCUT2D eigenvalue weighted by molar-refractivity contribution is 7.98. The summed E-state index contributed by atoms with van der Waals surface area (Å²) in [6.45, 7) is 3.25. The van der Waals surface area contributed by atoms with E-state index in [4.69, 9.17) is 45.9 Å². The number of fused-ring (bicyclic) bond motifs is 1. The summed E-state index contributed by atoms with van der Waals surface area (Å²) < 4.78 is 0. The van der Waals surface area contributed by atoms with Crippen LogP contribution < -0.4 is 77.8 Å². The Morgan fingerprint density at radius 3 is 1.40 bits per heavy atom. The Bertz CT molecular complexity index is 2060. The Labute approximate surface area is 427 Å². The smallest absolute Gasteiger partial charge is 0.243 e. The second-order valence-corrected chi connectivity index (χ2v) is 18.8. The van der Waals surface area contributed by atoms with Gasteiger partial charge >= 0.3 is 0 Å². The molecule has 7 amide bonds. The SMILES string of the molecule is CSCC[C@H](NC(=O)[C@H](CCCN=C(N)N)NC(=O)[C@@H](C)CCCN=C(N)N)C(=O)N[C@@H](CCCCN)C(=O)N[C@@H](Cc1c[nH]c2ccccc12)C(=O)N[C@@H](CCCCN)C(=O)N[C@@H](CCCCN)C(N)=O. The third kappa shape index (κ3) is 23.8. The minimum absolute atomic E-state index is 0.0250. The average molecular weight is 1030 g/mol. The molecule has 2 rings (SSSR count). The third-order valence-corrected chi connectivity index (χ3v) is 12.5. The maximum Gasteiger partial charge on any atom is 0.243 e. The highest BCUT2D eigenvalue weighted by Gasteiger charge is 2.34. The molecule has 0 saturated heterocycles. The van der Waals surface area contributed by atoms with Crippen molar-refractivity contribution in [3.8, 4) is 0 Å². The number of para-hydroxylation sites is 1. The molecule has 1 heterocycles. The molecule has 0 unspecified atom stereocenters. The number of aliphatic imine (C=N–C) groups is 2. The van der Waals surface area contributed by atoms with Crippen LogP contribution in [-0.2, 0) is 40.0 Å². The fourth-order valence-corrected chi connectivity index (χ4v) is 8.19. The van der Waals surface area contributed by atoms with E-state index < -0.39 is 83.5 Å². The van der Waals surface area contributed by atoms with Gasteiger partial charge in [-0.05, 0) is 133 Å². The van der Waals surface area contributed by atoms with E-state index in [2.05, 4.69) is 46.9 Å². The number of aromatic nitrogens is 1. The fourth-order valence-electron chi connectivity index (χ4n) is 7.72. The molecule has 2 aromatic rings. The first-order chi connectivity index (χ1) is 34.4. The van der Waals surface area contributed by atoms with Gasteiger partial charge in [-0.25, -0.2) is 0 Å². The average Bonchev–Trinajstić information content (AvgIpc) is 3.75. The molecule has 1 aromatic heterocycles. The van der Waals surface area contributed by atoms with Crippen LogP contribution in [0.15, 0.2) is 40.4 Å². The van der Waals surface area contributed by atoms with Gasteiger partial charge in [-0.1, -0.05) is 25.1 Å². The Kier molecular flexibility index (Phi) is 30.1. The normalized spacial score (nSPS) is 14.0. The number of thioether (sulfide) groups is 1. The van der Waals surface area contributed by atoms with E-state index in [1.165, 1.54) is 11.8 Å². The number of benzene rings is 1. The number of carbonyl (C=O) groups excluding carboxylic acids is 7. The molecule has 0 bridgehead atoms. The van der Waals surface area contributed by atoms with Crippen molar-refractivity contribution in [3.05, 3.63) is 36.0 Å². The number of carbonyl (C=O) groups is 7. The van der Waals surface area contributed by atoms with Crippen molar-refractivity contribution in [2.24, 2.45) is 61.8 Å². The summed E-state index contributed by atoms with van der Waals surface area (Å²) in [6, 6.07) is 0.556. The summed E-state index contributed by atoms with van der Waals surface area (Å²) >= 11 is 1.44. The number of amides is 7. The number of nitrogens with one attached hydrogen (secondary N) is 7. The lowest BCUT2D eigenvalue weighted by Gasteiger charge is -2.28. The zero-order valence-electron chi connectivity index (χ0n) is 42.1. The van der Waals surface area contributed by atoms with Crippen LogP contribution in [0, 0.1) is 5.92 Å². The molecular weight excluding hydrogens is 947 g/mol. The first kappa shape index (κ1) is 61.9. The first-order valence-electron chi connectivity index (χ1n) is 24.8. The van der Waals surface area contributed by atoms with Gasteiger partial charge in [-0.3, -0.25) is 43.5 Å². The number of H-pyrrole nitrogens is 1. The van der Waals surface area contributed by atoms with E-state index in [9.17, 15) is 33.6 Å². The van der Waals surface area contributed by atoms with Crippen LogP contribution in [0.1, 0.15) is 102 Å². The second-order valence-electron chi connectivity index (χ2n) is 17.8. The van der Waals surface area contributed by atoms with Crippen molar-refractivity contribution in [2.45, 2.75) is 139 Å². The molecule has 0 saturated carbocycles. The third-order valence-electron chi connectivity index (χ3n) is 11.9. The number of primary amides is 1. The maximum atomic E-state index is 14.5. The Balaban J connectivity index is 2.49. The van der Waals surface area contributed by atoms with Gasteiger partial charge in [-0.2, -0.15) is 11.8 Å². The van der Waals surface area contributed by atoms with Crippen molar-refractivity contribution in [3.63, 3.8) is 0 Å². The lowest BCUT2D eigenvalue weighted by atomic mass is 10.0. The predicted molar refractivity (Wildman–Crippen MR) is 283 cm³/mol. The number of hydrogen-bond acceptors (Lipinski definition) is 13. The van der Waals surface area contributed by atoms with Gasteiger partial charge in [0.05, 0.1) is 0 Å². The summed E-state index contributed by atoms with van der Waals surface area (Å²) in [5.74, 6) is -4.74. The van der Waals surface area contributed by atoms with E-state index in [1.807, 2.05) is 30.5 Å². The summed E-state index contributed by atoms with van der Waals surface area (Å²) in [5.41, 5.74) is 46.2. The Hall–Kier alpha value is -6.18. The van der Waals surface area contributed by atoms with Gasteiger partial charge in [-0.15, -0.1) is 0 Å². The molecule has 0 aliphatic rings. The number of guanidine groups is 2. The van der Waals surface area contributed by atoms with E-state index >= 15 is 0 Å². The molecule has 0 spiro atoms. The van der Waals surface area contributed by atoms with E-state index in [-0.39, 0.29) is 57.0 Å². The number of nitrogens with two attached hydrogens (primary N) is 8. The first-order valence-corrected chi connectivity index (χ1v) is 26.2. The Morgan fingerprint density at radius 2 is 0.931 bits per heavy atom. The lowest BCUT2D eigenvalue weighted by molar-refractivity contribution is -0.135. The van der Waals surface area contributed by atoms with Gasteiger partial charge in [0.1, 0.15) is 36.3 Å². The van der Waals surface area contributed by atoms with E-state index in [1.54, 1.807) is 13.1 Å².